The summed E-state index contributed by atoms with van der Waals surface area (Å²) in [4.78, 5) is 3.73. The van der Waals surface area contributed by atoms with E-state index in [-0.39, 0.29) is 17.3 Å². The van der Waals surface area contributed by atoms with E-state index in [1.165, 1.54) is 12.3 Å². The summed E-state index contributed by atoms with van der Waals surface area (Å²) in [5.41, 5.74) is 5.64. The molecule has 3 N–H and O–H groups in total. The summed E-state index contributed by atoms with van der Waals surface area (Å²) in [6.07, 6.45) is 3.45. The summed E-state index contributed by atoms with van der Waals surface area (Å²) in [6.45, 7) is 0.220. The van der Waals surface area contributed by atoms with Gasteiger partial charge in [-0.25, -0.2) is 18.1 Å². The second-order valence-corrected chi connectivity index (χ2v) is 6.66. The first-order valence-corrected chi connectivity index (χ1v) is 8.14. The molecule has 0 saturated heterocycles. The van der Waals surface area contributed by atoms with Crippen molar-refractivity contribution in [2.24, 2.45) is 0 Å². The number of nitrogens with zero attached hydrogens (tertiary/aromatic N) is 1. The quantitative estimate of drug-likeness (QED) is 0.696. The van der Waals surface area contributed by atoms with Gasteiger partial charge in [-0.15, -0.1) is 0 Å². The average Bonchev–Trinajstić information content (AvgIpc) is 2.24. The Morgan fingerprint density at radius 1 is 1.53 bits per heavy atom. The number of hydrogen-bond acceptors (Lipinski definition) is 5. The lowest BCUT2D eigenvalue weighted by molar-refractivity contribution is 0.577. The maximum absolute atomic E-state index is 11.8. The second-order valence-electron chi connectivity index (χ2n) is 3.43. The van der Waals surface area contributed by atoms with Gasteiger partial charge in [0.2, 0.25) is 0 Å². The standard InChI is InChI=1S/C9H15N3O3S2/c1-16(13)7-3-6-12-17(14,15)9-8(10)4-2-5-11-9/h2,4-5,12H,3,6-7,10H2,1H3. The summed E-state index contributed by atoms with van der Waals surface area (Å²) in [5.74, 6) is 0.459. The van der Waals surface area contributed by atoms with Gasteiger partial charge in [0, 0.05) is 35.5 Å². The molecule has 0 aliphatic heterocycles. The van der Waals surface area contributed by atoms with Gasteiger partial charge in [-0.1, -0.05) is 0 Å². The zero-order chi connectivity index (χ0) is 12.9. The van der Waals surface area contributed by atoms with Crippen LogP contribution in [0.2, 0.25) is 0 Å². The van der Waals surface area contributed by atoms with Crippen LogP contribution in [0.25, 0.3) is 0 Å². The van der Waals surface area contributed by atoms with Crippen molar-refractivity contribution < 1.29 is 12.6 Å². The van der Waals surface area contributed by atoms with Crippen LogP contribution in [0.4, 0.5) is 5.69 Å². The SMILES string of the molecule is CS(=O)CCCNS(=O)(=O)c1ncccc1N. The molecule has 8 heteroatoms. The van der Waals surface area contributed by atoms with E-state index in [1.54, 1.807) is 12.3 Å². The Kier molecular flexibility index (Phi) is 5.03. The van der Waals surface area contributed by atoms with Crippen LogP contribution >= 0.6 is 0 Å². The predicted molar refractivity (Wildman–Crippen MR) is 67.4 cm³/mol. The number of nitrogens with two attached hydrogens (primary N) is 1. The van der Waals surface area contributed by atoms with Crippen LogP contribution in [0.5, 0.6) is 0 Å². The molecule has 0 radical (unpaired) electrons. The smallest absolute Gasteiger partial charge is 0.260 e. The van der Waals surface area contributed by atoms with E-state index in [0.717, 1.165) is 0 Å². The highest BCUT2D eigenvalue weighted by atomic mass is 32.2. The lowest BCUT2D eigenvalue weighted by atomic mass is 10.4. The normalized spacial score (nSPS) is 13.5. The Morgan fingerprint density at radius 3 is 2.82 bits per heavy atom. The minimum Gasteiger partial charge on any atom is -0.396 e. The van der Waals surface area contributed by atoms with Crippen molar-refractivity contribution in [3.05, 3.63) is 18.3 Å². The van der Waals surface area contributed by atoms with Gasteiger partial charge < -0.3 is 5.73 Å². The topological polar surface area (TPSA) is 102 Å². The fourth-order valence-corrected chi connectivity index (χ4v) is 2.86. The van der Waals surface area contributed by atoms with Crippen molar-refractivity contribution in [1.29, 1.82) is 0 Å². The van der Waals surface area contributed by atoms with Gasteiger partial charge in [0.25, 0.3) is 10.0 Å². The summed E-state index contributed by atoms with van der Waals surface area (Å²) in [5, 5.41) is -0.169. The Bertz CT molecular complexity index is 502. The molecule has 0 aliphatic carbocycles. The Morgan fingerprint density at radius 2 is 2.24 bits per heavy atom. The molecular formula is C9H15N3O3S2. The van der Waals surface area contributed by atoms with E-state index in [1.807, 2.05) is 0 Å². The highest BCUT2D eigenvalue weighted by molar-refractivity contribution is 7.89. The third-order valence-corrected chi connectivity index (χ3v) is 4.25. The maximum Gasteiger partial charge on any atom is 0.260 e. The Labute approximate surface area is 103 Å². The Hall–Kier alpha value is -0.990. The van der Waals surface area contributed by atoms with Gasteiger partial charge in [0.05, 0.1) is 5.69 Å². The molecular weight excluding hydrogens is 262 g/mol. The fraction of sp³-hybridized carbons (Fsp3) is 0.444. The molecule has 0 aliphatic rings. The first-order valence-electron chi connectivity index (χ1n) is 4.93. The number of anilines is 1. The molecule has 0 amide bonds. The van der Waals surface area contributed by atoms with Gasteiger partial charge in [-0.3, -0.25) is 4.21 Å². The van der Waals surface area contributed by atoms with Crippen LogP contribution in [0.3, 0.4) is 0 Å². The highest BCUT2D eigenvalue weighted by Gasteiger charge is 2.17. The average molecular weight is 277 g/mol. The summed E-state index contributed by atoms with van der Waals surface area (Å²) in [6, 6.07) is 3.04. The number of nitrogens with one attached hydrogen (secondary N) is 1. The van der Waals surface area contributed by atoms with Crippen molar-refractivity contribution in [3.8, 4) is 0 Å². The molecule has 1 aromatic heterocycles. The van der Waals surface area contributed by atoms with E-state index in [0.29, 0.717) is 12.2 Å². The molecule has 1 aromatic rings. The fourth-order valence-electron chi connectivity index (χ4n) is 1.18. The molecule has 0 aromatic carbocycles. The molecule has 96 valence electrons. The predicted octanol–water partition coefficient (Wildman–Crippen LogP) is -0.289. The highest BCUT2D eigenvalue weighted by Crippen LogP contribution is 2.13. The van der Waals surface area contributed by atoms with Gasteiger partial charge in [-0.2, -0.15) is 0 Å². The van der Waals surface area contributed by atoms with E-state index < -0.39 is 20.8 Å². The molecule has 17 heavy (non-hydrogen) atoms. The van der Waals surface area contributed by atoms with Crippen molar-refractivity contribution >= 4 is 26.5 Å². The summed E-state index contributed by atoms with van der Waals surface area (Å²) in [7, 11) is -4.59. The number of sulfonamides is 1. The summed E-state index contributed by atoms with van der Waals surface area (Å²) < 4.78 is 36.7. The number of pyridine rings is 1. The van der Waals surface area contributed by atoms with Crippen LogP contribution in [0, 0.1) is 0 Å². The molecule has 1 rings (SSSR count). The van der Waals surface area contributed by atoms with Crippen LogP contribution < -0.4 is 10.5 Å². The molecule has 0 fully saturated rings. The number of hydrogen-bond donors (Lipinski definition) is 2. The molecule has 0 bridgehead atoms. The van der Waals surface area contributed by atoms with Gasteiger partial charge in [0.15, 0.2) is 5.03 Å². The van der Waals surface area contributed by atoms with Crippen molar-refractivity contribution in [3.63, 3.8) is 0 Å². The van der Waals surface area contributed by atoms with Crippen molar-refractivity contribution in [1.82, 2.24) is 9.71 Å². The second kappa shape index (κ2) is 6.08. The van der Waals surface area contributed by atoms with E-state index in [9.17, 15) is 12.6 Å². The number of aromatic nitrogens is 1. The van der Waals surface area contributed by atoms with E-state index >= 15 is 0 Å². The lowest BCUT2D eigenvalue weighted by Gasteiger charge is -2.07. The third-order valence-electron chi connectivity index (χ3n) is 1.96. The summed E-state index contributed by atoms with van der Waals surface area (Å²) >= 11 is 0. The van der Waals surface area contributed by atoms with Gasteiger partial charge >= 0.3 is 0 Å². The van der Waals surface area contributed by atoms with Gasteiger partial charge in [0.1, 0.15) is 0 Å². The van der Waals surface area contributed by atoms with Crippen LogP contribution in [0.15, 0.2) is 23.4 Å². The van der Waals surface area contributed by atoms with E-state index in [2.05, 4.69) is 9.71 Å². The molecule has 1 atom stereocenters. The van der Waals surface area contributed by atoms with E-state index in [4.69, 9.17) is 5.73 Å². The largest absolute Gasteiger partial charge is 0.396 e. The van der Waals surface area contributed by atoms with Crippen LogP contribution in [-0.2, 0) is 20.8 Å². The molecule has 1 heterocycles. The lowest BCUT2D eigenvalue weighted by Crippen LogP contribution is -2.27. The maximum atomic E-state index is 11.8. The minimum atomic E-state index is -3.67. The number of rotatable bonds is 6. The molecule has 0 spiro atoms. The minimum absolute atomic E-state index is 0.110. The zero-order valence-corrected chi connectivity index (χ0v) is 11.1. The molecule has 1 unspecified atom stereocenters. The first kappa shape index (κ1) is 14.1. The van der Waals surface area contributed by atoms with Crippen LogP contribution in [0.1, 0.15) is 6.42 Å². The first-order chi connectivity index (χ1) is 7.93. The van der Waals surface area contributed by atoms with Crippen molar-refractivity contribution in [2.75, 3.05) is 24.3 Å². The third kappa shape index (κ3) is 4.41. The molecule has 6 nitrogen and oxygen atoms in total. The zero-order valence-electron chi connectivity index (χ0n) is 9.42. The number of nitrogen functional groups attached to an aromatic ring is 1. The van der Waals surface area contributed by atoms with Crippen molar-refractivity contribution in [2.45, 2.75) is 11.4 Å². The molecule has 0 saturated carbocycles. The monoisotopic (exact) mass is 277 g/mol. The Balaban J connectivity index is 2.64. The van der Waals surface area contributed by atoms with Crippen LogP contribution in [-0.4, -0.2) is 36.2 Å². The van der Waals surface area contributed by atoms with Gasteiger partial charge in [-0.05, 0) is 18.6 Å².